The molecule has 2 rings (SSSR count). The average molecular weight is 280 g/mol. The van der Waals surface area contributed by atoms with Crippen LogP contribution in [0.15, 0.2) is 23.6 Å². The van der Waals surface area contributed by atoms with Gasteiger partial charge in [-0.25, -0.2) is 9.37 Å². The van der Waals surface area contributed by atoms with Crippen molar-refractivity contribution in [3.63, 3.8) is 0 Å². The van der Waals surface area contributed by atoms with E-state index in [2.05, 4.69) is 10.3 Å². The summed E-state index contributed by atoms with van der Waals surface area (Å²) in [4.78, 5) is 15.0. The maximum atomic E-state index is 13.9. The first-order chi connectivity index (χ1) is 8.97. The maximum absolute atomic E-state index is 13.9. The minimum atomic E-state index is -0.976. The van der Waals surface area contributed by atoms with Crippen LogP contribution in [0.4, 0.5) is 15.2 Å². The lowest BCUT2D eigenvalue weighted by Crippen LogP contribution is -2.08. The minimum absolute atomic E-state index is 0.288. The molecule has 1 heterocycles. The number of carboxylic acid groups (broad SMARTS) is 1. The number of nitrogens with zero attached hydrogens (tertiary/aromatic N) is 1. The molecule has 0 fully saturated rings. The van der Waals surface area contributed by atoms with Crippen LogP contribution < -0.4 is 5.32 Å². The van der Waals surface area contributed by atoms with Crippen molar-refractivity contribution in [3.8, 4) is 0 Å². The SMILES string of the molecule is Cc1csc(Nc2ccc(C(C)C(=O)O)cc2F)n1. The summed E-state index contributed by atoms with van der Waals surface area (Å²) in [5.41, 5.74) is 1.59. The van der Waals surface area contributed by atoms with E-state index in [-0.39, 0.29) is 5.69 Å². The first-order valence-electron chi connectivity index (χ1n) is 5.69. The Bertz CT molecular complexity index is 612. The number of hydrogen-bond acceptors (Lipinski definition) is 4. The Labute approximate surface area is 113 Å². The van der Waals surface area contributed by atoms with Crippen molar-refractivity contribution >= 4 is 28.1 Å². The fourth-order valence-electron chi connectivity index (χ4n) is 1.57. The smallest absolute Gasteiger partial charge is 0.310 e. The summed E-state index contributed by atoms with van der Waals surface area (Å²) < 4.78 is 13.9. The number of thiazole rings is 1. The number of nitrogens with one attached hydrogen (secondary N) is 1. The van der Waals surface area contributed by atoms with Crippen LogP contribution in [0, 0.1) is 12.7 Å². The van der Waals surface area contributed by atoms with Gasteiger partial charge in [-0.2, -0.15) is 0 Å². The lowest BCUT2D eigenvalue weighted by atomic mass is 10.0. The highest BCUT2D eigenvalue weighted by Crippen LogP contribution is 2.26. The fourth-order valence-corrected chi connectivity index (χ4v) is 2.27. The van der Waals surface area contributed by atoms with Crippen LogP contribution in [0.5, 0.6) is 0 Å². The normalized spacial score (nSPS) is 12.2. The van der Waals surface area contributed by atoms with E-state index in [1.54, 1.807) is 6.07 Å². The fraction of sp³-hybridized carbons (Fsp3) is 0.231. The number of carboxylic acids is 1. The van der Waals surface area contributed by atoms with Crippen LogP contribution in [0.1, 0.15) is 24.1 Å². The van der Waals surface area contributed by atoms with Crippen molar-refractivity contribution in [2.24, 2.45) is 0 Å². The van der Waals surface area contributed by atoms with E-state index >= 15 is 0 Å². The zero-order valence-corrected chi connectivity index (χ0v) is 11.3. The number of hydrogen-bond donors (Lipinski definition) is 2. The van der Waals surface area contributed by atoms with E-state index in [1.165, 1.54) is 30.4 Å². The molecule has 1 aromatic heterocycles. The Morgan fingerprint density at radius 2 is 2.26 bits per heavy atom. The van der Waals surface area contributed by atoms with Crippen molar-refractivity contribution in [3.05, 3.63) is 40.7 Å². The van der Waals surface area contributed by atoms with Crippen molar-refractivity contribution < 1.29 is 14.3 Å². The summed E-state index contributed by atoms with van der Waals surface area (Å²) in [7, 11) is 0. The van der Waals surface area contributed by atoms with Gasteiger partial charge >= 0.3 is 5.97 Å². The topological polar surface area (TPSA) is 62.2 Å². The minimum Gasteiger partial charge on any atom is -0.481 e. The van der Waals surface area contributed by atoms with Gasteiger partial charge in [-0.05, 0) is 31.5 Å². The summed E-state index contributed by atoms with van der Waals surface area (Å²) >= 11 is 1.39. The van der Waals surface area contributed by atoms with E-state index in [0.717, 1.165) is 5.69 Å². The zero-order valence-electron chi connectivity index (χ0n) is 10.5. The molecule has 0 aliphatic heterocycles. The average Bonchev–Trinajstić information content (AvgIpc) is 2.76. The van der Waals surface area contributed by atoms with E-state index < -0.39 is 17.7 Å². The van der Waals surface area contributed by atoms with Crippen molar-refractivity contribution in [1.29, 1.82) is 0 Å². The molecule has 0 amide bonds. The molecule has 0 saturated heterocycles. The Morgan fingerprint density at radius 3 is 2.79 bits per heavy atom. The molecule has 0 radical (unpaired) electrons. The Balaban J connectivity index is 2.22. The summed E-state index contributed by atoms with van der Waals surface area (Å²) in [5, 5.41) is 14.2. The van der Waals surface area contributed by atoms with Gasteiger partial charge in [0.15, 0.2) is 5.13 Å². The van der Waals surface area contributed by atoms with Crippen molar-refractivity contribution in [2.45, 2.75) is 19.8 Å². The third-order valence-corrected chi connectivity index (χ3v) is 3.60. The van der Waals surface area contributed by atoms with Gasteiger partial charge in [-0.15, -0.1) is 11.3 Å². The summed E-state index contributed by atoms with van der Waals surface area (Å²) in [6.07, 6.45) is 0. The Kier molecular flexibility index (Phi) is 3.80. The van der Waals surface area contributed by atoms with E-state index in [9.17, 15) is 9.18 Å². The van der Waals surface area contributed by atoms with Gasteiger partial charge in [0.1, 0.15) is 5.82 Å². The molecular weight excluding hydrogens is 267 g/mol. The number of halogens is 1. The second-order valence-electron chi connectivity index (χ2n) is 4.22. The summed E-state index contributed by atoms with van der Waals surface area (Å²) in [6, 6.07) is 4.37. The van der Waals surface area contributed by atoms with Crippen LogP contribution in [0.25, 0.3) is 0 Å². The Morgan fingerprint density at radius 1 is 1.53 bits per heavy atom. The molecule has 19 heavy (non-hydrogen) atoms. The van der Waals surface area contributed by atoms with E-state index in [1.807, 2.05) is 12.3 Å². The molecule has 6 heteroatoms. The predicted molar refractivity (Wildman–Crippen MR) is 72.6 cm³/mol. The number of rotatable bonds is 4. The molecule has 0 aliphatic carbocycles. The summed E-state index contributed by atoms with van der Waals surface area (Å²) in [6.45, 7) is 3.38. The number of aliphatic carboxylic acids is 1. The van der Waals surface area contributed by atoms with Crippen LogP contribution in [-0.2, 0) is 4.79 Å². The standard InChI is InChI=1S/C13H13FN2O2S/c1-7-6-19-13(15-7)16-11-4-3-9(5-10(11)14)8(2)12(17)18/h3-6,8H,1-2H3,(H,15,16)(H,17,18). The highest BCUT2D eigenvalue weighted by molar-refractivity contribution is 7.13. The van der Waals surface area contributed by atoms with Gasteiger partial charge in [0.2, 0.25) is 0 Å². The van der Waals surface area contributed by atoms with Gasteiger partial charge < -0.3 is 10.4 Å². The van der Waals surface area contributed by atoms with Crippen LogP contribution >= 0.6 is 11.3 Å². The molecule has 4 nitrogen and oxygen atoms in total. The quantitative estimate of drug-likeness (QED) is 0.899. The second-order valence-corrected chi connectivity index (χ2v) is 5.08. The molecule has 0 spiro atoms. The first-order valence-corrected chi connectivity index (χ1v) is 6.56. The van der Waals surface area contributed by atoms with Crippen LogP contribution in [0.2, 0.25) is 0 Å². The Hall–Kier alpha value is -1.95. The molecule has 1 atom stereocenters. The highest BCUT2D eigenvalue weighted by atomic mass is 32.1. The highest BCUT2D eigenvalue weighted by Gasteiger charge is 2.15. The number of anilines is 2. The molecule has 0 aliphatic rings. The number of aryl methyl sites for hydroxylation is 1. The number of carbonyl (C=O) groups is 1. The molecular formula is C13H13FN2O2S. The van der Waals surface area contributed by atoms with Gasteiger partial charge in [-0.3, -0.25) is 4.79 Å². The second kappa shape index (κ2) is 5.36. The molecule has 0 saturated carbocycles. The third kappa shape index (κ3) is 3.08. The van der Waals surface area contributed by atoms with Crippen LogP contribution in [0.3, 0.4) is 0 Å². The summed E-state index contributed by atoms with van der Waals surface area (Å²) in [5.74, 6) is -2.19. The largest absolute Gasteiger partial charge is 0.481 e. The third-order valence-electron chi connectivity index (χ3n) is 2.72. The van der Waals surface area contributed by atoms with Gasteiger partial charge in [0.05, 0.1) is 17.3 Å². The van der Waals surface area contributed by atoms with Gasteiger partial charge in [0.25, 0.3) is 0 Å². The number of benzene rings is 1. The lowest BCUT2D eigenvalue weighted by molar-refractivity contribution is -0.138. The molecule has 1 aromatic carbocycles. The van der Waals surface area contributed by atoms with Crippen LogP contribution in [-0.4, -0.2) is 16.1 Å². The monoisotopic (exact) mass is 280 g/mol. The maximum Gasteiger partial charge on any atom is 0.310 e. The first kappa shape index (κ1) is 13.5. The van der Waals surface area contributed by atoms with Crippen molar-refractivity contribution in [2.75, 3.05) is 5.32 Å². The molecule has 100 valence electrons. The predicted octanol–water partition coefficient (Wildman–Crippen LogP) is 3.52. The molecule has 2 aromatic rings. The van der Waals surface area contributed by atoms with Gasteiger partial charge in [0, 0.05) is 5.38 Å². The van der Waals surface area contributed by atoms with E-state index in [4.69, 9.17) is 5.11 Å². The molecule has 1 unspecified atom stereocenters. The number of aromatic nitrogens is 1. The lowest BCUT2D eigenvalue weighted by Gasteiger charge is -2.09. The molecule has 2 N–H and O–H groups in total. The van der Waals surface area contributed by atoms with Gasteiger partial charge in [-0.1, -0.05) is 6.07 Å². The zero-order chi connectivity index (χ0) is 14.0. The molecule has 0 bridgehead atoms. The van der Waals surface area contributed by atoms with E-state index in [0.29, 0.717) is 10.7 Å². The van der Waals surface area contributed by atoms with Crippen molar-refractivity contribution in [1.82, 2.24) is 4.98 Å².